The molecule has 1 aromatic heterocycles. The first kappa shape index (κ1) is 32.1. The van der Waals surface area contributed by atoms with Crippen molar-refractivity contribution in [1.82, 2.24) is 14.8 Å². The van der Waals surface area contributed by atoms with Crippen molar-refractivity contribution < 1.29 is 9.59 Å². The Labute approximate surface area is 200 Å². The number of likely N-dealkylation sites (N-methyl/N-ethyl adjacent to an activating group) is 2. The molecule has 0 bridgehead atoms. The van der Waals surface area contributed by atoms with Gasteiger partial charge < -0.3 is 0 Å². The van der Waals surface area contributed by atoms with Crippen molar-refractivity contribution in [3.63, 3.8) is 0 Å². The van der Waals surface area contributed by atoms with Gasteiger partial charge in [-0.1, -0.05) is 64.4 Å². The van der Waals surface area contributed by atoms with Crippen LogP contribution in [-0.4, -0.2) is 54.5 Å². The highest BCUT2D eigenvalue weighted by Gasteiger charge is 2.21. The third kappa shape index (κ3) is 11.5. The summed E-state index contributed by atoms with van der Waals surface area (Å²) < 4.78 is 0. The molecule has 0 saturated carbocycles. The maximum atomic E-state index is 11.7. The number of carbonyl (C=O) groups excluding carboxylic acids is 2. The first-order valence-electron chi connectivity index (χ1n) is 11.2. The monoisotopic (exact) mass is 463 g/mol. The summed E-state index contributed by atoms with van der Waals surface area (Å²) in [6, 6.07) is 10.8. The van der Waals surface area contributed by atoms with Gasteiger partial charge in [0.25, 0.3) is 0 Å². The van der Waals surface area contributed by atoms with Crippen molar-refractivity contribution in [3.8, 4) is 0 Å². The highest BCUT2D eigenvalue weighted by molar-refractivity contribution is 6.30. The molecule has 0 radical (unpaired) electrons. The maximum absolute atomic E-state index is 11.7. The summed E-state index contributed by atoms with van der Waals surface area (Å²) in [6.07, 6.45) is 4.02. The van der Waals surface area contributed by atoms with Gasteiger partial charge in [-0.15, -0.1) is 0 Å². The van der Waals surface area contributed by atoms with Gasteiger partial charge in [-0.05, 0) is 64.4 Å². The molecule has 2 aromatic rings. The van der Waals surface area contributed by atoms with E-state index in [-0.39, 0.29) is 23.7 Å². The smallest absolute Gasteiger partial charge is 0.154 e. The van der Waals surface area contributed by atoms with Crippen LogP contribution >= 0.6 is 11.6 Å². The number of rotatable bonds is 7. The van der Waals surface area contributed by atoms with Gasteiger partial charge in [-0.25, -0.2) is 0 Å². The lowest BCUT2D eigenvalue weighted by Crippen LogP contribution is -2.27. The number of pyridine rings is 1. The molecule has 1 heterocycles. The summed E-state index contributed by atoms with van der Waals surface area (Å²) in [4.78, 5) is 30.9. The maximum Gasteiger partial charge on any atom is 0.154 e. The minimum Gasteiger partial charge on any atom is -0.298 e. The second-order valence-electron chi connectivity index (χ2n) is 7.00. The van der Waals surface area contributed by atoms with E-state index in [9.17, 15) is 9.59 Å². The molecule has 1 aromatic carbocycles. The van der Waals surface area contributed by atoms with E-state index in [1.54, 1.807) is 25.4 Å². The van der Waals surface area contributed by atoms with Gasteiger partial charge in [0.05, 0.1) is 12.1 Å². The van der Waals surface area contributed by atoms with Crippen LogP contribution in [0.4, 0.5) is 0 Å². The molecule has 0 aliphatic carbocycles. The van der Waals surface area contributed by atoms with Crippen LogP contribution in [0.25, 0.3) is 0 Å². The van der Waals surface area contributed by atoms with Crippen molar-refractivity contribution in [3.05, 3.63) is 64.9 Å². The Bertz CT molecular complexity index is 765. The molecule has 6 heteroatoms. The van der Waals surface area contributed by atoms with Crippen LogP contribution in [-0.2, 0) is 9.59 Å². The second kappa shape index (κ2) is 18.5. The molecule has 0 aliphatic rings. The number of nitrogens with zero attached hydrogens (tertiary/aromatic N) is 3. The third-order valence-electron chi connectivity index (χ3n) is 4.24. The van der Waals surface area contributed by atoms with E-state index < -0.39 is 0 Å². The van der Waals surface area contributed by atoms with E-state index in [2.05, 4.69) is 4.98 Å². The number of ketones is 2. The van der Waals surface area contributed by atoms with Gasteiger partial charge in [-0.2, -0.15) is 0 Å². The van der Waals surface area contributed by atoms with Gasteiger partial charge in [0.2, 0.25) is 0 Å². The quantitative estimate of drug-likeness (QED) is 0.485. The number of hydrogen-bond donors (Lipinski definition) is 0. The van der Waals surface area contributed by atoms with Crippen molar-refractivity contribution in [2.75, 3.05) is 28.2 Å². The van der Waals surface area contributed by atoms with Gasteiger partial charge >= 0.3 is 0 Å². The number of Topliss-reactive ketones (excluding diaryl/α,β-unsaturated/α-hetero) is 2. The largest absolute Gasteiger partial charge is 0.298 e. The Morgan fingerprint density at radius 1 is 0.906 bits per heavy atom. The van der Waals surface area contributed by atoms with Crippen LogP contribution in [0.15, 0.2) is 48.8 Å². The molecular weight excluding hydrogens is 422 g/mol. The summed E-state index contributed by atoms with van der Waals surface area (Å²) in [6.45, 7) is 11.5. The summed E-state index contributed by atoms with van der Waals surface area (Å²) in [7, 11) is 7.58. The SMILES string of the molecule is CC.CC.CC(=O)C(c1cccc(Cl)c1)N(C)C.CCC(=O)C(c1cccnc1)N(C)C. The first-order chi connectivity index (χ1) is 15.2. The molecule has 0 fully saturated rings. The van der Waals surface area contributed by atoms with Gasteiger partial charge in [0, 0.05) is 23.8 Å². The summed E-state index contributed by atoms with van der Waals surface area (Å²) in [5, 5.41) is 0.663. The Morgan fingerprint density at radius 3 is 1.81 bits per heavy atom. The van der Waals surface area contributed by atoms with E-state index in [0.29, 0.717) is 11.4 Å². The first-order valence-corrected chi connectivity index (χ1v) is 11.6. The average molecular weight is 464 g/mol. The predicted molar refractivity (Wildman–Crippen MR) is 137 cm³/mol. The topological polar surface area (TPSA) is 53.5 Å². The lowest BCUT2D eigenvalue weighted by atomic mass is 10.0. The zero-order chi connectivity index (χ0) is 25.3. The fraction of sp³-hybridized carbons (Fsp3) is 0.500. The highest BCUT2D eigenvalue weighted by atomic mass is 35.5. The van der Waals surface area contributed by atoms with Crippen LogP contribution in [0.3, 0.4) is 0 Å². The van der Waals surface area contributed by atoms with Gasteiger partial charge in [0.1, 0.15) is 0 Å². The van der Waals surface area contributed by atoms with E-state index in [4.69, 9.17) is 11.6 Å². The standard InChI is InChI=1S/C11H14ClNO.C11H16N2O.2C2H6/c1-8(14)11(13(2)3)9-5-4-6-10(12)7-9;1-4-10(14)11(13(2)3)9-6-5-7-12-8-9;2*1-2/h4-7,11H,1-3H3;5-8,11H,4H2,1-3H3;2*1-2H3. The molecule has 0 amide bonds. The number of hydrogen-bond acceptors (Lipinski definition) is 5. The van der Waals surface area contributed by atoms with Crippen molar-refractivity contribution >= 4 is 23.2 Å². The minimum atomic E-state index is -0.200. The van der Waals surface area contributed by atoms with E-state index in [1.807, 2.05) is 103 Å². The van der Waals surface area contributed by atoms with Crippen LogP contribution in [0, 0.1) is 0 Å². The molecule has 0 N–H and O–H groups in total. The lowest BCUT2D eigenvalue weighted by Gasteiger charge is -2.22. The zero-order valence-electron chi connectivity index (χ0n) is 21.5. The molecule has 32 heavy (non-hydrogen) atoms. The van der Waals surface area contributed by atoms with Crippen LogP contribution in [0.5, 0.6) is 0 Å². The van der Waals surface area contributed by atoms with E-state index >= 15 is 0 Å². The summed E-state index contributed by atoms with van der Waals surface area (Å²) in [5.41, 5.74) is 1.90. The van der Waals surface area contributed by atoms with Crippen molar-refractivity contribution in [2.45, 2.75) is 60.0 Å². The van der Waals surface area contributed by atoms with Gasteiger partial charge in [0.15, 0.2) is 11.6 Å². The molecule has 180 valence electrons. The molecule has 5 nitrogen and oxygen atoms in total. The molecule has 2 rings (SSSR count). The molecule has 0 spiro atoms. The Hall–Kier alpha value is -2.08. The van der Waals surface area contributed by atoms with Crippen molar-refractivity contribution in [2.24, 2.45) is 0 Å². The summed E-state index contributed by atoms with van der Waals surface area (Å²) in [5.74, 6) is 0.347. The molecule has 0 aliphatic heterocycles. The minimum absolute atomic E-state index is 0.122. The Kier molecular flexibility index (Phi) is 18.5. The third-order valence-corrected chi connectivity index (χ3v) is 4.47. The lowest BCUT2D eigenvalue weighted by molar-refractivity contribution is -0.123. The zero-order valence-corrected chi connectivity index (χ0v) is 22.3. The summed E-state index contributed by atoms with van der Waals surface area (Å²) >= 11 is 5.87. The fourth-order valence-corrected chi connectivity index (χ4v) is 3.27. The second-order valence-corrected chi connectivity index (χ2v) is 7.44. The highest BCUT2D eigenvalue weighted by Crippen LogP contribution is 2.22. The number of benzene rings is 1. The van der Waals surface area contributed by atoms with Gasteiger partial charge in [-0.3, -0.25) is 24.4 Å². The number of halogens is 1. The molecule has 2 atom stereocenters. The molecule has 2 unspecified atom stereocenters. The average Bonchev–Trinajstić information content (AvgIpc) is 2.77. The normalized spacial score (nSPS) is 11.7. The Balaban J connectivity index is 0. The van der Waals surface area contributed by atoms with E-state index in [1.165, 1.54) is 0 Å². The van der Waals surface area contributed by atoms with Crippen LogP contribution in [0.2, 0.25) is 5.02 Å². The van der Waals surface area contributed by atoms with Crippen LogP contribution < -0.4 is 0 Å². The Morgan fingerprint density at radius 2 is 1.44 bits per heavy atom. The van der Waals surface area contributed by atoms with E-state index in [0.717, 1.165) is 11.1 Å². The number of aromatic nitrogens is 1. The number of carbonyl (C=O) groups is 2. The molecule has 0 saturated heterocycles. The fourth-order valence-electron chi connectivity index (χ4n) is 3.08. The van der Waals surface area contributed by atoms with Crippen molar-refractivity contribution in [1.29, 1.82) is 0 Å². The predicted octanol–water partition coefficient (Wildman–Crippen LogP) is 6.25. The van der Waals surface area contributed by atoms with Crippen LogP contribution in [0.1, 0.15) is 71.2 Å². The molecular formula is C26H42ClN3O2.